The molecule has 3 atom stereocenters. The van der Waals surface area contributed by atoms with Gasteiger partial charge in [0.2, 0.25) is 5.91 Å². The molecule has 3 rings (SSSR count). The summed E-state index contributed by atoms with van der Waals surface area (Å²) in [6.45, 7) is 3.82. The van der Waals surface area contributed by atoms with Crippen molar-refractivity contribution in [2.24, 2.45) is 10.9 Å². The van der Waals surface area contributed by atoms with Gasteiger partial charge in [-0.1, -0.05) is 50.6 Å². The van der Waals surface area contributed by atoms with E-state index in [0.717, 1.165) is 0 Å². The molecule has 1 heterocycles. The number of sulfonamides is 1. The van der Waals surface area contributed by atoms with E-state index in [4.69, 9.17) is 4.74 Å². The number of fused-ring (bicyclic) bond motifs is 1. The first-order valence-corrected chi connectivity index (χ1v) is 11.6. The van der Waals surface area contributed by atoms with Crippen LogP contribution in [0.2, 0.25) is 0 Å². The molecule has 1 aliphatic heterocycles. The second kappa shape index (κ2) is 9.93. The topological polar surface area (TPSA) is 117 Å². The van der Waals surface area contributed by atoms with Gasteiger partial charge in [0.15, 0.2) is 0 Å². The predicted octanol–water partition coefficient (Wildman–Crippen LogP) is 1.70. The fraction of sp³-hybridized carbons (Fsp3) is 0.364. The number of amidine groups is 1. The molecule has 0 aromatic heterocycles. The number of carbonyl (C=O) groups is 1. The normalized spacial score (nSPS) is 18.5. The molecule has 31 heavy (non-hydrogen) atoms. The Kier molecular flexibility index (Phi) is 7.29. The summed E-state index contributed by atoms with van der Waals surface area (Å²) in [5, 5.41) is 12.9. The molecule has 2 aromatic carbocycles. The third kappa shape index (κ3) is 5.62. The minimum absolute atomic E-state index is 0.00817. The Morgan fingerprint density at radius 3 is 2.55 bits per heavy atom. The van der Waals surface area contributed by atoms with Gasteiger partial charge < -0.3 is 15.2 Å². The zero-order valence-electron chi connectivity index (χ0n) is 17.5. The smallest absolute Gasteiger partial charge is 0.263 e. The second-order valence-electron chi connectivity index (χ2n) is 7.43. The molecule has 0 radical (unpaired) electrons. The second-order valence-corrected chi connectivity index (χ2v) is 9.08. The first-order valence-electron chi connectivity index (χ1n) is 10.2. The van der Waals surface area contributed by atoms with Gasteiger partial charge in [-0.3, -0.25) is 14.5 Å². The lowest BCUT2D eigenvalue weighted by Gasteiger charge is -2.20. The third-order valence-corrected chi connectivity index (χ3v) is 6.48. The zero-order valence-corrected chi connectivity index (χ0v) is 18.3. The van der Waals surface area contributed by atoms with Crippen molar-refractivity contribution in [3.05, 3.63) is 60.2 Å². The average Bonchev–Trinajstić information content (AvgIpc) is 3.04. The molecular formula is C22H27N3O5S. The fourth-order valence-electron chi connectivity index (χ4n) is 3.13. The lowest BCUT2D eigenvalue weighted by Crippen LogP contribution is -2.43. The van der Waals surface area contributed by atoms with Crippen LogP contribution in [-0.4, -0.2) is 50.6 Å². The minimum Gasteiger partial charge on any atom is -0.491 e. The summed E-state index contributed by atoms with van der Waals surface area (Å²) >= 11 is 0. The zero-order chi connectivity index (χ0) is 22.4. The van der Waals surface area contributed by atoms with Crippen molar-refractivity contribution in [2.45, 2.75) is 37.3 Å². The highest BCUT2D eigenvalue weighted by Crippen LogP contribution is 2.24. The van der Waals surface area contributed by atoms with Crippen molar-refractivity contribution in [3.63, 3.8) is 0 Å². The van der Waals surface area contributed by atoms with Crippen LogP contribution >= 0.6 is 0 Å². The van der Waals surface area contributed by atoms with E-state index in [2.05, 4.69) is 15.0 Å². The van der Waals surface area contributed by atoms with Crippen molar-refractivity contribution in [1.82, 2.24) is 10.0 Å². The molecule has 0 saturated heterocycles. The van der Waals surface area contributed by atoms with Gasteiger partial charge in [-0.05, 0) is 30.2 Å². The first kappa shape index (κ1) is 22.8. The lowest BCUT2D eigenvalue weighted by atomic mass is 9.98. The van der Waals surface area contributed by atoms with Crippen molar-refractivity contribution in [1.29, 1.82) is 0 Å². The number of nitrogens with zero attached hydrogens (tertiary/aromatic N) is 1. The van der Waals surface area contributed by atoms with Crippen LogP contribution in [0.4, 0.5) is 0 Å². The predicted molar refractivity (Wildman–Crippen MR) is 117 cm³/mol. The molecule has 0 spiro atoms. The summed E-state index contributed by atoms with van der Waals surface area (Å²) in [4.78, 5) is 17.4. The first-order chi connectivity index (χ1) is 14.8. The maximum atomic E-state index is 12.8. The summed E-state index contributed by atoms with van der Waals surface area (Å²) in [5.41, 5.74) is 0.444. The van der Waals surface area contributed by atoms with Gasteiger partial charge in [0.25, 0.3) is 10.0 Å². The number of rotatable bonds is 9. The number of aliphatic hydroxyl groups is 1. The molecule has 0 bridgehead atoms. The van der Waals surface area contributed by atoms with Gasteiger partial charge in [0, 0.05) is 12.1 Å². The van der Waals surface area contributed by atoms with E-state index in [1.165, 1.54) is 6.07 Å². The molecule has 2 aromatic rings. The van der Waals surface area contributed by atoms with Gasteiger partial charge >= 0.3 is 0 Å². The highest BCUT2D eigenvalue weighted by atomic mass is 32.2. The van der Waals surface area contributed by atoms with E-state index in [9.17, 15) is 18.3 Å². The number of amides is 1. The highest BCUT2D eigenvalue weighted by Gasteiger charge is 2.33. The van der Waals surface area contributed by atoms with E-state index >= 15 is 0 Å². The van der Waals surface area contributed by atoms with Gasteiger partial charge in [-0.15, -0.1) is 0 Å². The van der Waals surface area contributed by atoms with E-state index in [0.29, 0.717) is 17.7 Å². The maximum absolute atomic E-state index is 12.8. The molecule has 3 N–H and O–H groups in total. The summed E-state index contributed by atoms with van der Waals surface area (Å²) in [7, 11) is -3.69. The lowest BCUT2D eigenvalue weighted by molar-refractivity contribution is -0.123. The van der Waals surface area contributed by atoms with E-state index in [-0.39, 0.29) is 35.7 Å². The Labute approximate surface area is 182 Å². The van der Waals surface area contributed by atoms with Crippen molar-refractivity contribution < 1.29 is 23.1 Å². The molecule has 1 aliphatic rings. The van der Waals surface area contributed by atoms with Crippen LogP contribution in [0, 0.1) is 5.92 Å². The number of ether oxygens (including phenoxy) is 1. The number of para-hydroxylation sites is 1. The van der Waals surface area contributed by atoms with Crippen molar-refractivity contribution in [2.75, 3.05) is 13.2 Å². The molecule has 0 fully saturated rings. The average molecular weight is 446 g/mol. The molecule has 1 unspecified atom stereocenters. The van der Waals surface area contributed by atoms with Crippen LogP contribution in [0.15, 0.2) is 64.5 Å². The number of carbonyl (C=O) groups excluding carboxylic acids is 1. The van der Waals surface area contributed by atoms with Gasteiger partial charge in [-0.25, -0.2) is 8.42 Å². The molecule has 0 saturated carbocycles. The van der Waals surface area contributed by atoms with Crippen molar-refractivity contribution >= 4 is 21.8 Å². The summed E-state index contributed by atoms with van der Waals surface area (Å²) in [5.74, 6) is 0.264. The van der Waals surface area contributed by atoms with Gasteiger partial charge in [-0.2, -0.15) is 0 Å². The fourth-order valence-corrected chi connectivity index (χ4v) is 4.37. The van der Waals surface area contributed by atoms with E-state index < -0.39 is 22.2 Å². The molecule has 8 nitrogen and oxygen atoms in total. The number of nitrogens with one attached hydrogen (secondary N) is 2. The number of hydrogen-bond donors (Lipinski definition) is 3. The van der Waals surface area contributed by atoms with Crippen LogP contribution in [-0.2, 0) is 14.8 Å². The Morgan fingerprint density at radius 2 is 1.84 bits per heavy atom. The minimum atomic E-state index is -3.69. The van der Waals surface area contributed by atoms with Crippen LogP contribution in [0.3, 0.4) is 0 Å². The maximum Gasteiger partial charge on any atom is 0.263 e. The number of aliphatic imine (C=N–C) groups is 1. The van der Waals surface area contributed by atoms with Crippen LogP contribution in [0.1, 0.15) is 25.8 Å². The molecule has 9 heteroatoms. The van der Waals surface area contributed by atoms with Crippen LogP contribution in [0.25, 0.3) is 0 Å². The monoisotopic (exact) mass is 445 g/mol. The van der Waals surface area contributed by atoms with E-state index in [1.807, 2.05) is 32.0 Å². The Bertz CT molecular complexity index is 1040. The number of aliphatic hydroxyl groups excluding tert-OH is 1. The molecule has 1 amide bonds. The van der Waals surface area contributed by atoms with Gasteiger partial charge in [0.05, 0.1) is 4.90 Å². The highest BCUT2D eigenvalue weighted by molar-refractivity contribution is 7.90. The summed E-state index contributed by atoms with van der Waals surface area (Å²) in [6.07, 6.45) is -0.233. The number of hydrogen-bond acceptors (Lipinski definition) is 6. The summed E-state index contributed by atoms with van der Waals surface area (Å²) in [6, 6.07) is 14.8. The SMILES string of the molecule is CC[C@H](C)[C@H](N=C1NS(=O)(=O)c2ccccc21)C(=O)NCC(O)COc1ccccc1. The molecule has 166 valence electrons. The number of benzene rings is 2. The Morgan fingerprint density at radius 1 is 1.16 bits per heavy atom. The van der Waals surface area contributed by atoms with E-state index in [1.54, 1.807) is 30.3 Å². The third-order valence-electron chi connectivity index (χ3n) is 5.08. The van der Waals surface area contributed by atoms with Gasteiger partial charge in [0.1, 0.15) is 30.3 Å². The van der Waals surface area contributed by atoms with Crippen LogP contribution in [0.5, 0.6) is 5.75 Å². The standard InChI is InChI=1S/C22H27N3O5S/c1-3-15(2)20(24-21-18-11-7-8-12-19(18)31(28,29)25-21)22(27)23-13-16(26)14-30-17-9-5-4-6-10-17/h4-12,15-16,20,26H,3,13-14H2,1-2H3,(H,23,27)(H,24,25)/t15-,16?,20-/m0/s1. The molecule has 0 aliphatic carbocycles. The van der Waals surface area contributed by atoms with Crippen LogP contribution < -0.4 is 14.8 Å². The largest absolute Gasteiger partial charge is 0.491 e. The van der Waals surface area contributed by atoms with Crippen molar-refractivity contribution in [3.8, 4) is 5.75 Å². The molecular weight excluding hydrogens is 418 g/mol. The Hall–Kier alpha value is -2.91. The quantitative estimate of drug-likeness (QED) is 0.543. The Balaban J connectivity index is 1.67. The summed E-state index contributed by atoms with van der Waals surface area (Å²) < 4.78 is 32.6.